The molecule has 0 spiro atoms. The number of hydrazine groups is 1. The molecule has 2 N–H and O–H groups in total. The van der Waals surface area contributed by atoms with Crippen molar-refractivity contribution in [2.45, 2.75) is 32.7 Å². The van der Waals surface area contributed by atoms with Crippen LogP contribution in [-0.4, -0.2) is 29.3 Å². The summed E-state index contributed by atoms with van der Waals surface area (Å²) in [5, 5.41) is 9.85. The summed E-state index contributed by atoms with van der Waals surface area (Å²) >= 11 is 0. The average molecular weight is 160 g/mol. The van der Waals surface area contributed by atoms with Crippen LogP contribution in [0, 0.1) is 0 Å². The summed E-state index contributed by atoms with van der Waals surface area (Å²) in [6.07, 6.45) is 0.952. The largest absolute Gasteiger partial charge is 0.464 e. The maximum absolute atomic E-state index is 10.5. The van der Waals surface area contributed by atoms with E-state index in [0.29, 0.717) is 0 Å². The molecule has 4 heteroatoms. The predicted octanol–water partition coefficient (Wildman–Crippen LogP) is 1.29. The highest BCUT2D eigenvalue weighted by molar-refractivity contribution is 5.64. The smallest absolute Gasteiger partial charge is 0.422 e. The molecule has 0 aromatic rings. The van der Waals surface area contributed by atoms with Crippen molar-refractivity contribution in [3.05, 3.63) is 0 Å². The Labute approximate surface area is 67.2 Å². The molecule has 0 aliphatic rings. The zero-order valence-corrected chi connectivity index (χ0v) is 7.29. The van der Waals surface area contributed by atoms with Crippen LogP contribution in [0.1, 0.15) is 26.7 Å². The lowest BCUT2D eigenvalue weighted by Gasteiger charge is -2.24. The summed E-state index contributed by atoms with van der Waals surface area (Å²) in [5.74, 6) is 0. The van der Waals surface area contributed by atoms with Gasteiger partial charge in [0.2, 0.25) is 0 Å². The van der Waals surface area contributed by atoms with Gasteiger partial charge in [0, 0.05) is 13.1 Å². The number of hydrogen-bond donors (Lipinski definition) is 2. The fourth-order valence-electron chi connectivity index (χ4n) is 1.05. The van der Waals surface area contributed by atoms with Gasteiger partial charge in [0.05, 0.1) is 0 Å². The molecule has 0 saturated carbocycles. The van der Waals surface area contributed by atoms with Gasteiger partial charge in [0.25, 0.3) is 0 Å². The second kappa shape index (κ2) is 4.96. The summed E-state index contributed by atoms with van der Waals surface area (Å²) in [7, 11) is 1.61. The van der Waals surface area contributed by atoms with Crippen LogP contribution in [0.25, 0.3) is 0 Å². The number of amides is 1. The summed E-state index contributed by atoms with van der Waals surface area (Å²) in [4.78, 5) is 10.5. The maximum atomic E-state index is 10.5. The number of carbonyl (C=O) groups is 1. The Kier molecular flexibility index (Phi) is 4.61. The van der Waals surface area contributed by atoms with Gasteiger partial charge >= 0.3 is 6.09 Å². The van der Waals surface area contributed by atoms with Crippen LogP contribution in [0.4, 0.5) is 4.79 Å². The first-order valence-corrected chi connectivity index (χ1v) is 3.83. The molecule has 0 bridgehead atoms. The van der Waals surface area contributed by atoms with Gasteiger partial charge in [-0.1, -0.05) is 13.3 Å². The molecule has 0 aliphatic carbocycles. The van der Waals surface area contributed by atoms with Crippen LogP contribution in [0.2, 0.25) is 0 Å². The van der Waals surface area contributed by atoms with E-state index in [1.807, 2.05) is 13.8 Å². The Hall–Kier alpha value is -0.770. The minimum Gasteiger partial charge on any atom is -0.464 e. The molecular weight excluding hydrogens is 144 g/mol. The summed E-state index contributed by atoms with van der Waals surface area (Å²) in [6, 6.07) is 0.0440. The Morgan fingerprint density at radius 2 is 2.27 bits per heavy atom. The lowest BCUT2D eigenvalue weighted by molar-refractivity contribution is 0.101. The van der Waals surface area contributed by atoms with Crippen LogP contribution >= 0.6 is 0 Å². The van der Waals surface area contributed by atoms with Gasteiger partial charge in [0.1, 0.15) is 0 Å². The molecule has 1 atom stereocenters. The fourth-order valence-corrected chi connectivity index (χ4v) is 1.05. The molecule has 0 rings (SSSR count). The minimum atomic E-state index is -0.923. The van der Waals surface area contributed by atoms with E-state index >= 15 is 0 Å². The molecule has 0 radical (unpaired) electrons. The Morgan fingerprint density at radius 1 is 1.73 bits per heavy atom. The van der Waals surface area contributed by atoms with E-state index in [2.05, 4.69) is 5.43 Å². The fraction of sp³-hybridized carbons (Fsp3) is 0.857. The molecule has 0 saturated heterocycles. The second-order valence-electron chi connectivity index (χ2n) is 2.51. The van der Waals surface area contributed by atoms with Crippen molar-refractivity contribution in [2.24, 2.45) is 0 Å². The van der Waals surface area contributed by atoms with E-state index in [1.54, 1.807) is 7.05 Å². The summed E-state index contributed by atoms with van der Waals surface area (Å²) in [6.45, 7) is 3.92. The van der Waals surface area contributed by atoms with Crippen molar-refractivity contribution in [2.75, 3.05) is 7.05 Å². The third-order valence-electron chi connectivity index (χ3n) is 1.59. The molecule has 66 valence electrons. The molecule has 1 amide bonds. The number of carboxylic acid groups (broad SMARTS) is 1. The maximum Gasteiger partial charge on any atom is 0.422 e. The Bertz CT molecular complexity index is 128. The second-order valence-corrected chi connectivity index (χ2v) is 2.51. The molecule has 0 aliphatic heterocycles. The molecule has 1 unspecified atom stereocenters. The van der Waals surface area contributed by atoms with Crippen molar-refractivity contribution >= 4 is 6.09 Å². The highest BCUT2D eigenvalue weighted by atomic mass is 16.4. The van der Waals surface area contributed by atoms with Gasteiger partial charge in [-0.3, -0.25) is 0 Å². The quantitative estimate of drug-likeness (QED) is 0.609. The Morgan fingerprint density at radius 3 is 2.55 bits per heavy atom. The monoisotopic (exact) mass is 160 g/mol. The van der Waals surface area contributed by atoms with Crippen LogP contribution in [-0.2, 0) is 0 Å². The van der Waals surface area contributed by atoms with Crippen LogP contribution in [0.5, 0.6) is 0 Å². The van der Waals surface area contributed by atoms with Gasteiger partial charge in [-0.2, -0.15) is 0 Å². The minimum absolute atomic E-state index is 0.0440. The molecule has 0 aromatic carbocycles. The Balaban J connectivity index is 3.91. The van der Waals surface area contributed by atoms with E-state index in [9.17, 15) is 4.79 Å². The van der Waals surface area contributed by atoms with Gasteiger partial charge in [-0.15, -0.1) is 0 Å². The van der Waals surface area contributed by atoms with Crippen molar-refractivity contribution in [3.63, 3.8) is 0 Å². The van der Waals surface area contributed by atoms with Crippen molar-refractivity contribution in [3.8, 4) is 0 Å². The van der Waals surface area contributed by atoms with E-state index in [1.165, 1.54) is 5.01 Å². The number of hydrogen-bond acceptors (Lipinski definition) is 2. The number of rotatable bonds is 4. The van der Waals surface area contributed by atoms with E-state index in [4.69, 9.17) is 5.11 Å². The molecule has 0 heterocycles. The lowest BCUT2D eigenvalue weighted by atomic mass is 10.2. The predicted molar refractivity (Wildman–Crippen MR) is 43.3 cm³/mol. The third-order valence-corrected chi connectivity index (χ3v) is 1.59. The summed E-state index contributed by atoms with van der Waals surface area (Å²) in [5.41, 5.74) is 2.62. The van der Waals surface area contributed by atoms with Crippen molar-refractivity contribution in [1.82, 2.24) is 10.4 Å². The molecule has 4 nitrogen and oxygen atoms in total. The first kappa shape index (κ1) is 10.2. The van der Waals surface area contributed by atoms with Gasteiger partial charge in [-0.05, 0) is 13.3 Å². The first-order chi connectivity index (χ1) is 5.13. The third kappa shape index (κ3) is 3.23. The zero-order valence-electron chi connectivity index (χ0n) is 7.29. The van der Waals surface area contributed by atoms with Crippen LogP contribution < -0.4 is 5.43 Å². The SMILES string of the molecule is CCCC(C)N(NC)C(=O)O. The highest BCUT2D eigenvalue weighted by Crippen LogP contribution is 2.02. The number of nitrogens with one attached hydrogen (secondary N) is 1. The standard InChI is InChI=1S/C7H16N2O2/c1-4-5-6(2)9(8-3)7(10)11/h6,8H,4-5H2,1-3H3,(H,10,11). The van der Waals surface area contributed by atoms with Crippen molar-refractivity contribution in [1.29, 1.82) is 0 Å². The van der Waals surface area contributed by atoms with E-state index in [-0.39, 0.29) is 6.04 Å². The first-order valence-electron chi connectivity index (χ1n) is 3.83. The van der Waals surface area contributed by atoms with Gasteiger partial charge in [-0.25, -0.2) is 15.2 Å². The van der Waals surface area contributed by atoms with Crippen LogP contribution in [0.15, 0.2) is 0 Å². The zero-order chi connectivity index (χ0) is 8.85. The topological polar surface area (TPSA) is 52.6 Å². The molecule has 0 aromatic heterocycles. The van der Waals surface area contributed by atoms with Gasteiger partial charge < -0.3 is 5.11 Å². The number of nitrogens with zero attached hydrogens (tertiary/aromatic N) is 1. The summed E-state index contributed by atoms with van der Waals surface area (Å²) < 4.78 is 0. The average Bonchev–Trinajstić information content (AvgIpc) is 1.88. The molecule has 0 fully saturated rings. The lowest BCUT2D eigenvalue weighted by Crippen LogP contribution is -2.45. The van der Waals surface area contributed by atoms with Crippen molar-refractivity contribution < 1.29 is 9.90 Å². The highest BCUT2D eigenvalue weighted by Gasteiger charge is 2.15. The normalized spacial score (nSPS) is 12.6. The van der Waals surface area contributed by atoms with Crippen LogP contribution in [0.3, 0.4) is 0 Å². The van der Waals surface area contributed by atoms with E-state index < -0.39 is 6.09 Å². The molecule has 11 heavy (non-hydrogen) atoms. The van der Waals surface area contributed by atoms with Gasteiger partial charge in [0.15, 0.2) is 0 Å². The molecular formula is C7H16N2O2. The van der Waals surface area contributed by atoms with E-state index in [0.717, 1.165) is 12.8 Å².